The number of nitrogens with two attached hydrogens (primary N) is 1. The lowest BCUT2D eigenvalue weighted by molar-refractivity contribution is 0.592. The number of hydrogen-bond acceptors (Lipinski definition) is 3. The van der Waals surface area contributed by atoms with E-state index in [1.54, 1.807) is 25.3 Å². The average Bonchev–Trinajstić information content (AvgIpc) is 2.57. The van der Waals surface area contributed by atoms with Crippen molar-refractivity contribution >= 4 is 5.82 Å². The molecule has 0 spiro atoms. The summed E-state index contributed by atoms with van der Waals surface area (Å²) in [4.78, 5) is 3.89. The number of nitrogens with zero attached hydrogens (tertiary/aromatic N) is 3. The molecule has 0 fully saturated rings. The highest BCUT2D eigenvalue weighted by Crippen LogP contribution is 2.13. The molecule has 2 aromatic heterocycles. The third kappa shape index (κ3) is 1.32. The molecule has 2 aromatic rings. The van der Waals surface area contributed by atoms with Crippen molar-refractivity contribution in [3.8, 4) is 5.82 Å². The number of aryl methyl sites for hydroxylation is 1. The van der Waals surface area contributed by atoms with E-state index >= 15 is 0 Å². The van der Waals surface area contributed by atoms with Crippen molar-refractivity contribution in [2.45, 2.75) is 6.92 Å². The van der Waals surface area contributed by atoms with Crippen LogP contribution in [-0.4, -0.2) is 14.8 Å². The lowest BCUT2D eigenvalue weighted by Crippen LogP contribution is -2.03. The minimum absolute atomic E-state index is 0.168. The zero-order chi connectivity index (χ0) is 10.1. The number of nitrogen functional groups attached to an aromatic ring is 1. The molecule has 2 heterocycles. The zero-order valence-corrected chi connectivity index (χ0v) is 7.61. The molecule has 0 amide bonds. The molecule has 14 heavy (non-hydrogen) atoms. The maximum absolute atomic E-state index is 13.5. The summed E-state index contributed by atoms with van der Waals surface area (Å²) in [5, 5.41) is 3.87. The Bertz CT molecular complexity index is 464. The molecule has 2 N–H and O–H groups in total. The van der Waals surface area contributed by atoms with Gasteiger partial charge >= 0.3 is 0 Å². The number of halogens is 1. The van der Waals surface area contributed by atoms with E-state index in [9.17, 15) is 4.39 Å². The van der Waals surface area contributed by atoms with Crippen molar-refractivity contribution in [2.24, 2.45) is 0 Å². The molecule has 0 aromatic carbocycles. The Morgan fingerprint density at radius 1 is 1.43 bits per heavy atom. The first-order valence-electron chi connectivity index (χ1n) is 4.11. The lowest BCUT2D eigenvalue weighted by Gasteiger charge is -2.03. The maximum atomic E-state index is 13.5. The predicted octanol–water partition coefficient (Wildman–Crippen LogP) is 1.30. The molecule has 0 atom stereocenters. The second-order valence-electron chi connectivity index (χ2n) is 2.95. The maximum Gasteiger partial charge on any atom is 0.189 e. The molecule has 4 nitrogen and oxygen atoms in total. The largest absolute Gasteiger partial charge is 0.382 e. The van der Waals surface area contributed by atoms with E-state index < -0.39 is 0 Å². The summed E-state index contributed by atoms with van der Waals surface area (Å²) in [5.74, 6) is 0.130. The SMILES string of the molecule is Cc1ccnc(-n2ccc(N)n2)c1F. The normalized spacial score (nSPS) is 10.4. The van der Waals surface area contributed by atoms with Gasteiger partial charge in [0.25, 0.3) is 0 Å². The van der Waals surface area contributed by atoms with Crippen molar-refractivity contribution in [1.29, 1.82) is 0 Å². The van der Waals surface area contributed by atoms with E-state index in [2.05, 4.69) is 10.1 Å². The molecule has 0 aliphatic rings. The van der Waals surface area contributed by atoms with Crippen LogP contribution >= 0.6 is 0 Å². The molecule has 72 valence electrons. The molecule has 5 heteroatoms. The van der Waals surface area contributed by atoms with Crippen LogP contribution in [0.25, 0.3) is 5.82 Å². The number of anilines is 1. The van der Waals surface area contributed by atoms with Gasteiger partial charge in [0.15, 0.2) is 11.6 Å². The summed E-state index contributed by atoms with van der Waals surface area (Å²) < 4.78 is 14.8. The van der Waals surface area contributed by atoms with Gasteiger partial charge in [-0.3, -0.25) is 0 Å². The topological polar surface area (TPSA) is 56.7 Å². The molecule has 0 unspecified atom stereocenters. The smallest absolute Gasteiger partial charge is 0.189 e. The first-order valence-corrected chi connectivity index (χ1v) is 4.11. The van der Waals surface area contributed by atoms with E-state index in [1.165, 1.54) is 10.9 Å². The fourth-order valence-corrected chi connectivity index (χ4v) is 1.14. The molecular weight excluding hydrogens is 183 g/mol. The second kappa shape index (κ2) is 3.10. The monoisotopic (exact) mass is 192 g/mol. The Morgan fingerprint density at radius 2 is 2.21 bits per heavy atom. The number of pyridine rings is 1. The van der Waals surface area contributed by atoms with Gasteiger partial charge in [-0.05, 0) is 18.6 Å². The van der Waals surface area contributed by atoms with E-state index in [-0.39, 0.29) is 11.6 Å². The van der Waals surface area contributed by atoms with Gasteiger partial charge < -0.3 is 5.73 Å². The molecule has 0 aliphatic carbocycles. The van der Waals surface area contributed by atoms with E-state index in [0.717, 1.165) is 0 Å². The summed E-state index contributed by atoms with van der Waals surface area (Å²) in [5.41, 5.74) is 5.95. The Labute approximate surface area is 80.2 Å². The van der Waals surface area contributed by atoms with Crippen molar-refractivity contribution in [3.05, 3.63) is 35.9 Å². The van der Waals surface area contributed by atoms with Crippen LogP contribution in [0, 0.1) is 12.7 Å². The molecule has 2 rings (SSSR count). The van der Waals surface area contributed by atoms with Crippen LogP contribution in [0.2, 0.25) is 0 Å². The Morgan fingerprint density at radius 3 is 2.86 bits per heavy atom. The van der Waals surface area contributed by atoms with Gasteiger partial charge in [-0.25, -0.2) is 14.1 Å². The van der Waals surface area contributed by atoms with E-state index in [0.29, 0.717) is 11.4 Å². The van der Waals surface area contributed by atoms with Gasteiger partial charge in [-0.15, -0.1) is 5.10 Å². The Kier molecular flexibility index (Phi) is 1.92. The molecule has 0 saturated carbocycles. The van der Waals surface area contributed by atoms with Crippen molar-refractivity contribution < 1.29 is 4.39 Å². The first-order chi connectivity index (χ1) is 6.68. The molecule has 0 radical (unpaired) electrons. The van der Waals surface area contributed by atoms with Gasteiger partial charge in [0.2, 0.25) is 0 Å². The van der Waals surface area contributed by atoms with Crippen molar-refractivity contribution in [1.82, 2.24) is 14.8 Å². The van der Waals surface area contributed by atoms with Crippen LogP contribution in [-0.2, 0) is 0 Å². The van der Waals surface area contributed by atoms with Gasteiger partial charge in [0.1, 0.15) is 5.82 Å². The zero-order valence-electron chi connectivity index (χ0n) is 7.61. The first kappa shape index (κ1) is 8.68. The number of hydrogen-bond donors (Lipinski definition) is 1. The van der Waals surface area contributed by atoms with Crippen LogP contribution in [0.1, 0.15) is 5.56 Å². The quantitative estimate of drug-likeness (QED) is 0.740. The fraction of sp³-hybridized carbons (Fsp3) is 0.111. The number of aromatic nitrogens is 3. The van der Waals surface area contributed by atoms with E-state index in [1.807, 2.05) is 0 Å². The summed E-state index contributed by atoms with van der Waals surface area (Å²) in [7, 11) is 0. The van der Waals surface area contributed by atoms with Crippen LogP contribution in [0.3, 0.4) is 0 Å². The van der Waals surface area contributed by atoms with Crippen LogP contribution in [0.4, 0.5) is 10.2 Å². The van der Waals surface area contributed by atoms with Gasteiger partial charge in [-0.2, -0.15) is 0 Å². The lowest BCUT2D eigenvalue weighted by atomic mass is 10.3. The van der Waals surface area contributed by atoms with Gasteiger partial charge in [-0.1, -0.05) is 0 Å². The molecule has 0 bridgehead atoms. The van der Waals surface area contributed by atoms with Crippen molar-refractivity contribution in [2.75, 3.05) is 5.73 Å². The third-order valence-corrected chi connectivity index (χ3v) is 1.89. The minimum Gasteiger partial charge on any atom is -0.382 e. The molecule has 0 aliphatic heterocycles. The third-order valence-electron chi connectivity index (χ3n) is 1.89. The standard InChI is InChI=1S/C9H9FN4/c1-6-2-4-12-9(8(6)10)14-5-3-7(11)13-14/h2-5H,1H3,(H2,11,13). The van der Waals surface area contributed by atoms with Crippen LogP contribution in [0.5, 0.6) is 0 Å². The molecular formula is C9H9FN4. The Hall–Kier alpha value is -1.91. The second-order valence-corrected chi connectivity index (χ2v) is 2.95. The van der Waals surface area contributed by atoms with E-state index in [4.69, 9.17) is 5.73 Å². The van der Waals surface area contributed by atoms with Crippen LogP contribution < -0.4 is 5.73 Å². The highest BCUT2D eigenvalue weighted by molar-refractivity contribution is 5.33. The van der Waals surface area contributed by atoms with Gasteiger partial charge in [0, 0.05) is 18.5 Å². The average molecular weight is 192 g/mol. The van der Waals surface area contributed by atoms with Crippen LogP contribution in [0.15, 0.2) is 24.5 Å². The fourth-order valence-electron chi connectivity index (χ4n) is 1.14. The summed E-state index contributed by atoms with van der Waals surface area (Å²) in [6, 6.07) is 3.19. The predicted molar refractivity (Wildman–Crippen MR) is 50.5 cm³/mol. The Balaban J connectivity index is 2.57. The van der Waals surface area contributed by atoms with Crippen molar-refractivity contribution in [3.63, 3.8) is 0 Å². The number of rotatable bonds is 1. The summed E-state index contributed by atoms with van der Waals surface area (Å²) >= 11 is 0. The highest BCUT2D eigenvalue weighted by Gasteiger charge is 2.08. The minimum atomic E-state index is -0.379. The summed E-state index contributed by atoms with van der Waals surface area (Å²) in [6.07, 6.45) is 3.10. The molecule has 0 saturated heterocycles. The summed E-state index contributed by atoms with van der Waals surface area (Å²) in [6.45, 7) is 1.67. The highest BCUT2D eigenvalue weighted by atomic mass is 19.1. The van der Waals surface area contributed by atoms with Gasteiger partial charge in [0.05, 0.1) is 0 Å².